The molecule has 1 aromatic carbocycles. The molecule has 2 amide bonds. The summed E-state index contributed by atoms with van der Waals surface area (Å²) in [6.07, 6.45) is 0. The maximum Gasteiger partial charge on any atom is 0.337 e. The van der Waals surface area contributed by atoms with Crippen molar-refractivity contribution in [3.8, 4) is 0 Å². The van der Waals surface area contributed by atoms with Gasteiger partial charge in [0.2, 0.25) is 0 Å². The van der Waals surface area contributed by atoms with E-state index in [4.69, 9.17) is 16.7 Å². The van der Waals surface area contributed by atoms with Gasteiger partial charge in [0.15, 0.2) is 0 Å². The van der Waals surface area contributed by atoms with Crippen molar-refractivity contribution in [3.63, 3.8) is 0 Å². The summed E-state index contributed by atoms with van der Waals surface area (Å²) in [5.74, 6) is -1.76. The van der Waals surface area contributed by atoms with Crippen LogP contribution in [0, 0.1) is 0 Å². The summed E-state index contributed by atoms with van der Waals surface area (Å²) in [5.41, 5.74) is 0.133. The van der Waals surface area contributed by atoms with Gasteiger partial charge in [0.1, 0.15) is 6.54 Å². The lowest BCUT2D eigenvalue weighted by Gasteiger charge is -2.16. The summed E-state index contributed by atoms with van der Waals surface area (Å²) in [6, 6.07) is 3.47. The number of aromatic carboxylic acids is 1. The Morgan fingerprint density at radius 2 is 2.05 bits per heavy atom. The Labute approximate surface area is 120 Å². The molecule has 0 fully saturated rings. The number of ether oxygens (including phenoxy) is 1. The standard InChI is InChI=1S/C12H13ClN2O5/c1-15(6-10(16)20-2)12(19)14-7-3-4-9(13)8(5-7)11(17)18/h3-5H,6H2,1-2H3,(H,14,19)(H,17,18). The van der Waals surface area contributed by atoms with Crippen LogP contribution in [-0.2, 0) is 9.53 Å². The van der Waals surface area contributed by atoms with Gasteiger partial charge < -0.3 is 20.1 Å². The molecule has 2 N–H and O–H groups in total. The number of carbonyl (C=O) groups excluding carboxylic acids is 2. The van der Waals surface area contributed by atoms with E-state index < -0.39 is 18.0 Å². The van der Waals surface area contributed by atoms with Crippen molar-refractivity contribution >= 4 is 35.3 Å². The van der Waals surface area contributed by atoms with E-state index in [0.29, 0.717) is 0 Å². The monoisotopic (exact) mass is 300 g/mol. The van der Waals surface area contributed by atoms with Gasteiger partial charge in [0, 0.05) is 12.7 Å². The smallest absolute Gasteiger partial charge is 0.337 e. The molecule has 0 unspecified atom stereocenters. The number of amides is 2. The normalized spacial score (nSPS) is 9.75. The molecule has 0 bridgehead atoms. The number of hydrogen-bond acceptors (Lipinski definition) is 4. The number of nitrogens with zero attached hydrogens (tertiary/aromatic N) is 1. The van der Waals surface area contributed by atoms with Gasteiger partial charge in [0.05, 0.1) is 17.7 Å². The third kappa shape index (κ3) is 4.13. The third-order valence-corrected chi connectivity index (χ3v) is 2.72. The van der Waals surface area contributed by atoms with Crippen LogP contribution in [0.5, 0.6) is 0 Å². The van der Waals surface area contributed by atoms with E-state index in [1.807, 2.05) is 0 Å². The van der Waals surface area contributed by atoms with Gasteiger partial charge in [-0.05, 0) is 18.2 Å². The number of urea groups is 1. The fourth-order valence-electron chi connectivity index (χ4n) is 1.32. The van der Waals surface area contributed by atoms with Crippen molar-refractivity contribution < 1.29 is 24.2 Å². The topological polar surface area (TPSA) is 95.9 Å². The number of halogens is 1. The SMILES string of the molecule is COC(=O)CN(C)C(=O)Nc1ccc(Cl)c(C(=O)O)c1. The molecule has 0 heterocycles. The van der Waals surface area contributed by atoms with Crippen LogP contribution < -0.4 is 5.32 Å². The molecular weight excluding hydrogens is 288 g/mol. The van der Waals surface area contributed by atoms with Crippen LogP contribution in [0.15, 0.2) is 18.2 Å². The number of nitrogens with one attached hydrogen (secondary N) is 1. The highest BCUT2D eigenvalue weighted by atomic mass is 35.5. The zero-order valence-electron chi connectivity index (χ0n) is 10.8. The van der Waals surface area contributed by atoms with Gasteiger partial charge in [0.25, 0.3) is 0 Å². The molecular formula is C12H13ClN2O5. The summed E-state index contributed by atoms with van der Waals surface area (Å²) >= 11 is 5.71. The molecule has 0 aliphatic carbocycles. The van der Waals surface area contributed by atoms with Crippen molar-refractivity contribution in [2.24, 2.45) is 0 Å². The minimum Gasteiger partial charge on any atom is -0.478 e. The van der Waals surface area contributed by atoms with Crippen molar-refractivity contribution in [3.05, 3.63) is 28.8 Å². The molecule has 20 heavy (non-hydrogen) atoms. The van der Waals surface area contributed by atoms with E-state index >= 15 is 0 Å². The maximum atomic E-state index is 11.8. The molecule has 0 atom stereocenters. The Bertz CT molecular complexity index is 547. The molecule has 0 aromatic heterocycles. The first-order chi connectivity index (χ1) is 9.35. The number of methoxy groups -OCH3 is 1. The predicted molar refractivity (Wildman–Crippen MR) is 72.1 cm³/mol. The lowest BCUT2D eigenvalue weighted by atomic mass is 10.2. The fourth-order valence-corrected chi connectivity index (χ4v) is 1.51. The Hall–Kier alpha value is -2.28. The number of carboxylic acid groups (broad SMARTS) is 1. The Balaban J connectivity index is 2.78. The van der Waals surface area contributed by atoms with E-state index in [-0.39, 0.29) is 22.8 Å². The molecule has 1 rings (SSSR count). The third-order valence-electron chi connectivity index (χ3n) is 2.39. The summed E-state index contributed by atoms with van der Waals surface area (Å²) in [5, 5.41) is 11.4. The molecule has 0 spiro atoms. The van der Waals surface area contributed by atoms with Gasteiger partial charge in [-0.15, -0.1) is 0 Å². The summed E-state index contributed by atoms with van der Waals surface area (Å²) in [7, 11) is 2.62. The zero-order chi connectivity index (χ0) is 15.3. The van der Waals surface area contributed by atoms with E-state index in [0.717, 1.165) is 4.90 Å². The summed E-state index contributed by atoms with van der Waals surface area (Å²) < 4.78 is 4.43. The van der Waals surface area contributed by atoms with Crippen LogP contribution in [-0.4, -0.2) is 48.7 Å². The van der Waals surface area contributed by atoms with Crippen LogP contribution in [0.1, 0.15) is 10.4 Å². The number of hydrogen-bond donors (Lipinski definition) is 2. The molecule has 8 heteroatoms. The lowest BCUT2D eigenvalue weighted by Crippen LogP contribution is -2.35. The van der Waals surface area contributed by atoms with Crippen molar-refractivity contribution in [1.29, 1.82) is 0 Å². The number of likely N-dealkylation sites (N-methyl/N-ethyl adjacent to an activating group) is 1. The highest BCUT2D eigenvalue weighted by Gasteiger charge is 2.15. The largest absolute Gasteiger partial charge is 0.478 e. The first-order valence-electron chi connectivity index (χ1n) is 5.47. The minimum absolute atomic E-state index is 0.0680. The second-order valence-electron chi connectivity index (χ2n) is 3.86. The van der Waals surface area contributed by atoms with Crippen LogP contribution in [0.2, 0.25) is 5.02 Å². The van der Waals surface area contributed by atoms with Crippen LogP contribution >= 0.6 is 11.6 Å². The molecule has 0 aliphatic rings. The van der Waals surface area contributed by atoms with E-state index in [9.17, 15) is 14.4 Å². The first kappa shape index (κ1) is 15.8. The maximum absolute atomic E-state index is 11.8. The van der Waals surface area contributed by atoms with Gasteiger partial charge in [-0.2, -0.15) is 0 Å². The van der Waals surface area contributed by atoms with Crippen LogP contribution in [0.4, 0.5) is 10.5 Å². The Morgan fingerprint density at radius 1 is 1.40 bits per heavy atom. The van der Waals surface area contributed by atoms with Crippen molar-refractivity contribution in [2.45, 2.75) is 0 Å². The number of carbonyl (C=O) groups is 3. The van der Waals surface area contributed by atoms with E-state index in [2.05, 4.69) is 10.1 Å². The molecule has 0 saturated heterocycles. The summed E-state index contributed by atoms with van der Waals surface area (Å²) in [6.45, 7) is -0.221. The highest BCUT2D eigenvalue weighted by molar-refractivity contribution is 6.33. The van der Waals surface area contributed by atoms with Crippen LogP contribution in [0.25, 0.3) is 0 Å². The molecule has 7 nitrogen and oxygen atoms in total. The van der Waals surface area contributed by atoms with E-state index in [1.165, 1.54) is 32.4 Å². The number of anilines is 1. The average Bonchev–Trinajstić information content (AvgIpc) is 2.40. The number of esters is 1. The molecule has 0 radical (unpaired) electrons. The fraction of sp³-hybridized carbons (Fsp3) is 0.250. The number of benzene rings is 1. The number of rotatable bonds is 4. The average molecular weight is 301 g/mol. The second kappa shape index (κ2) is 6.76. The van der Waals surface area contributed by atoms with Gasteiger partial charge in [-0.1, -0.05) is 11.6 Å². The molecule has 108 valence electrons. The molecule has 0 aliphatic heterocycles. The lowest BCUT2D eigenvalue weighted by molar-refractivity contribution is -0.140. The Morgan fingerprint density at radius 3 is 2.60 bits per heavy atom. The predicted octanol–water partition coefficient (Wildman–Crippen LogP) is 1.67. The highest BCUT2D eigenvalue weighted by Crippen LogP contribution is 2.20. The molecule has 0 saturated carbocycles. The van der Waals surface area contributed by atoms with Crippen LogP contribution in [0.3, 0.4) is 0 Å². The second-order valence-corrected chi connectivity index (χ2v) is 4.27. The van der Waals surface area contributed by atoms with Gasteiger partial charge in [-0.3, -0.25) is 4.79 Å². The van der Waals surface area contributed by atoms with Gasteiger partial charge >= 0.3 is 18.0 Å². The van der Waals surface area contributed by atoms with Crippen molar-refractivity contribution in [2.75, 3.05) is 26.0 Å². The Kier molecular flexibility index (Phi) is 5.33. The number of carboxylic acids is 1. The van der Waals surface area contributed by atoms with Crippen molar-refractivity contribution in [1.82, 2.24) is 4.90 Å². The first-order valence-corrected chi connectivity index (χ1v) is 5.84. The summed E-state index contributed by atoms with van der Waals surface area (Å²) in [4.78, 5) is 34.8. The van der Waals surface area contributed by atoms with E-state index in [1.54, 1.807) is 0 Å². The quantitative estimate of drug-likeness (QED) is 0.825. The van der Waals surface area contributed by atoms with Gasteiger partial charge in [-0.25, -0.2) is 9.59 Å². The minimum atomic E-state index is -1.20. The molecule has 1 aromatic rings. The zero-order valence-corrected chi connectivity index (χ0v) is 11.6.